The lowest BCUT2D eigenvalue weighted by atomic mass is 10.1. The number of nitrogens with one attached hydrogen (secondary N) is 6. The summed E-state index contributed by atoms with van der Waals surface area (Å²) < 4.78 is 39.2. The van der Waals surface area contributed by atoms with Crippen molar-refractivity contribution in [1.82, 2.24) is 20.6 Å². The molecule has 1 aromatic heterocycles. The molecule has 0 aliphatic rings. The predicted octanol–water partition coefficient (Wildman–Crippen LogP) is 5.23. The van der Waals surface area contributed by atoms with E-state index in [1.165, 1.54) is 30.7 Å². The zero-order valence-corrected chi connectivity index (χ0v) is 26.7. The molecule has 6 N–H and O–H groups in total. The van der Waals surface area contributed by atoms with Gasteiger partial charge >= 0.3 is 6.18 Å². The average molecular weight is 687 g/mol. The molecule has 0 aliphatic heterocycles. The van der Waals surface area contributed by atoms with Gasteiger partial charge in [0.2, 0.25) is 11.8 Å². The number of imidazole rings is 1. The van der Waals surface area contributed by atoms with Crippen LogP contribution in [0.25, 0.3) is 0 Å². The van der Waals surface area contributed by atoms with Crippen molar-refractivity contribution in [3.8, 4) is 0 Å². The lowest BCUT2D eigenvalue weighted by Gasteiger charge is -2.17. The van der Waals surface area contributed by atoms with Crippen LogP contribution in [0, 0.1) is 6.92 Å². The number of carbonyl (C=O) groups is 4. The number of H-pyrrole nitrogens is 1. The molecule has 1 atom stereocenters. The number of hydrogen-bond acceptors (Lipinski definition) is 7. The van der Waals surface area contributed by atoms with Crippen LogP contribution in [0.3, 0.4) is 0 Å². The van der Waals surface area contributed by atoms with Gasteiger partial charge in [-0.15, -0.1) is 0 Å². The van der Waals surface area contributed by atoms with E-state index in [0.29, 0.717) is 22.6 Å². The van der Waals surface area contributed by atoms with E-state index in [-0.39, 0.29) is 35.6 Å². The summed E-state index contributed by atoms with van der Waals surface area (Å²) in [6, 6.07) is 14.5. The van der Waals surface area contributed by atoms with Crippen LogP contribution in [-0.4, -0.2) is 52.5 Å². The van der Waals surface area contributed by atoms with Gasteiger partial charge in [-0.05, 0) is 67.1 Å². The molecule has 0 saturated carbocycles. The van der Waals surface area contributed by atoms with Gasteiger partial charge in [0.25, 0.3) is 11.8 Å². The molecule has 0 aliphatic carbocycles. The molecule has 1 heterocycles. The van der Waals surface area contributed by atoms with Crippen LogP contribution in [0.15, 0.2) is 109 Å². The van der Waals surface area contributed by atoms with Gasteiger partial charge in [-0.1, -0.05) is 31.4 Å². The minimum absolute atomic E-state index is 0.0835. The number of aryl methyl sites for hydroxylation is 1. The molecule has 4 rings (SSSR count). The first-order valence-electron chi connectivity index (χ1n) is 15.0. The Morgan fingerprint density at radius 2 is 1.70 bits per heavy atom. The molecule has 0 bridgehead atoms. The maximum absolute atomic E-state index is 13.1. The summed E-state index contributed by atoms with van der Waals surface area (Å²) in [5, 5.41) is 13.6. The molecule has 4 amide bonds. The van der Waals surface area contributed by atoms with Gasteiger partial charge in [0.15, 0.2) is 0 Å². The Morgan fingerprint density at radius 3 is 2.42 bits per heavy atom. The quantitative estimate of drug-likeness (QED) is 0.0785. The Hall–Kier alpha value is -6.51. The molecular formula is C35H33F3N8O4. The summed E-state index contributed by atoms with van der Waals surface area (Å²) in [6.45, 7) is 8.98. The predicted molar refractivity (Wildman–Crippen MR) is 184 cm³/mol. The number of allylic oxidation sites excluding steroid dienone is 1. The number of anilines is 3. The Morgan fingerprint density at radius 1 is 0.960 bits per heavy atom. The topological polar surface area (TPSA) is 169 Å². The number of nitrogens with zero attached hydrogens (tertiary/aromatic N) is 2. The van der Waals surface area contributed by atoms with Gasteiger partial charge in [0, 0.05) is 52.7 Å². The van der Waals surface area contributed by atoms with Crippen molar-refractivity contribution >= 4 is 46.9 Å². The number of rotatable bonds is 14. The SMILES string of the molecule is C=CC(=O)N[C@H](Cc1cnc[nH]1)C(=O)Nc1cccc(NCN=CC(=C)NC(=O)c2cc(NC(=O)c3cccc(C(F)(F)F)c3)ccc2C)c1. The molecule has 0 saturated heterocycles. The smallest absolute Gasteiger partial charge is 0.366 e. The second kappa shape index (κ2) is 16.5. The van der Waals surface area contributed by atoms with Crippen molar-refractivity contribution in [1.29, 1.82) is 0 Å². The fourth-order valence-electron chi connectivity index (χ4n) is 4.52. The highest BCUT2D eigenvalue weighted by Crippen LogP contribution is 2.29. The molecule has 258 valence electrons. The zero-order chi connectivity index (χ0) is 36.3. The molecule has 50 heavy (non-hydrogen) atoms. The van der Waals surface area contributed by atoms with Crippen molar-refractivity contribution in [3.05, 3.63) is 132 Å². The molecule has 0 unspecified atom stereocenters. The van der Waals surface area contributed by atoms with E-state index in [0.717, 1.165) is 24.3 Å². The van der Waals surface area contributed by atoms with Crippen LogP contribution in [0.1, 0.15) is 37.5 Å². The van der Waals surface area contributed by atoms with Crippen molar-refractivity contribution in [2.24, 2.45) is 4.99 Å². The van der Waals surface area contributed by atoms with Gasteiger partial charge in [-0.25, -0.2) is 4.98 Å². The van der Waals surface area contributed by atoms with E-state index in [4.69, 9.17) is 0 Å². The third kappa shape index (κ3) is 10.5. The van der Waals surface area contributed by atoms with E-state index < -0.39 is 41.4 Å². The molecule has 12 nitrogen and oxygen atoms in total. The summed E-state index contributed by atoms with van der Waals surface area (Å²) in [7, 11) is 0. The lowest BCUT2D eigenvalue weighted by molar-refractivity contribution is -0.137. The van der Waals surface area contributed by atoms with Gasteiger partial charge < -0.3 is 31.6 Å². The Labute approximate surface area is 285 Å². The largest absolute Gasteiger partial charge is 0.416 e. The summed E-state index contributed by atoms with van der Waals surface area (Å²) in [5.41, 5.74) is 1.75. The van der Waals surface area contributed by atoms with Gasteiger partial charge in [0.1, 0.15) is 12.7 Å². The summed E-state index contributed by atoms with van der Waals surface area (Å²) in [6.07, 6.45) is 1.03. The molecule has 0 fully saturated rings. The minimum atomic E-state index is -4.60. The Bertz CT molecular complexity index is 1920. The van der Waals surface area contributed by atoms with E-state index in [1.54, 1.807) is 43.5 Å². The number of amides is 4. The molecule has 4 aromatic rings. The van der Waals surface area contributed by atoms with Crippen LogP contribution >= 0.6 is 0 Å². The first kappa shape index (κ1) is 36.3. The Balaban J connectivity index is 1.30. The molecule has 0 spiro atoms. The fourth-order valence-corrected chi connectivity index (χ4v) is 4.52. The number of hydrogen-bond donors (Lipinski definition) is 6. The molecule has 15 heteroatoms. The van der Waals surface area contributed by atoms with E-state index in [1.807, 2.05) is 0 Å². The third-order valence-electron chi connectivity index (χ3n) is 7.02. The summed E-state index contributed by atoms with van der Waals surface area (Å²) in [4.78, 5) is 61.5. The highest BCUT2D eigenvalue weighted by molar-refractivity contribution is 6.06. The molecule has 3 aromatic carbocycles. The fraction of sp³-hybridized carbons (Fsp3) is 0.143. The zero-order valence-electron chi connectivity index (χ0n) is 26.7. The van der Waals surface area contributed by atoms with Crippen LogP contribution in [-0.2, 0) is 22.2 Å². The van der Waals surface area contributed by atoms with E-state index in [9.17, 15) is 32.3 Å². The first-order valence-corrected chi connectivity index (χ1v) is 15.0. The van der Waals surface area contributed by atoms with Gasteiger partial charge in [-0.2, -0.15) is 13.2 Å². The average Bonchev–Trinajstić information content (AvgIpc) is 3.60. The lowest BCUT2D eigenvalue weighted by Crippen LogP contribution is -2.44. The number of aromatic nitrogens is 2. The van der Waals surface area contributed by atoms with Crippen LogP contribution in [0.4, 0.5) is 30.2 Å². The van der Waals surface area contributed by atoms with Crippen molar-refractivity contribution in [3.63, 3.8) is 0 Å². The Kier molecular flexibility index (Phi) is 12.0. The van der Waals surface area contributed by atoms with Crippen molar-refractivity contribution in [2.45, 2.75) is 25.6 Å². The second-order valence-electron chi connectivity index (χ2n) is 10.8. The number of aliphatic imine (C=N–C) groups is 1. The maximum atomic E-state index is 13.1. The minimum Gasteiger partial charge on any atom is -0.366 e. The van der Waals surface area contributed by atoms with Crippen molar-refractivity contribution in [2.75, 3.05) is 22.6 Å². The van der Waals surface area contributed by atoms with Crippen LogP contribution in [0.2, 0.25) is 0 Å². The normalized spacial score (nSPS) is 11.7. The molecule has 0 radical (unpaired) electrons. The second-order valence-corrected chi connectivity index (χ2v) is 10.8. The summed E-state index contributed by atoms with van der Waals surface area (Å²) >= 11 is 0. The first-order chi connectivity index (χ1) is 23.8. The van der Waals surface area contributed by atoms with E-state index in [2.05, 4.69) is 54.7 Å². The number of benzene rings is 3. The monoisotopic (exact) mass is 686 g/mol. The van der Waals surface area contributed by atoms with Gasteiger partial charge in [0.05, 0.1) is 17.6 Å². The van der Waals surface area contributed by atoms with Gasteiger partial charge in [-0.3, -0.25) is 24.2 Å². The number of alkyl halides is 3. The van der Waals surface area contributed by atoms with Crippen LogP contribution < -0.4 is 26.6 Å². The van der Waals surface area contributed by atoms with Crippen molar-refractivity contribution < 1.29 is 32.3 Å². The summed E-state index contributed by atoms with van der Waals surface area (Å²) in [5.74, 6) is -2.26. The highest BCUT2D eigenvalue weighted by atomic mass is 19.4. The standard InChI is InChI=1S/C35H33F3N8O4/c1-4-31(47)46-30(16-28-18-40-20-42-28)34(50)45-26-10-6-9-25(14-26)41-19-39-17-22(3)43-33(49)29-15-27(12-11-21(29)2)44-32(48)23-7-5-8-24(13-23)35(36,37)38/h4-15,17-18,20,30,41H,1,3,16,19H2,2H3,(H,40,42)(H,43,49)(H,44,48)(H,45,50)(H,46,47)/t30-/m1/s1. The number of carbonyl (C=O) groups excluding carboxylic acids is 4. The third-order valence-corrected chi connectivity index (χ3v) is 7.02. The number of aromatic amines is 1. The number of halogens is 3. The molecular weight excluding hydrogens is 653 g/mol. The van der Waals surface area contributed by atoms with E-state index >= 15 is 0 Å². The highest BCUT2D eigenvalue weighted by Gasteiger charge is 2.31. The maximum Gasteiger partial charge on any atom is 0.416 e. The van der Waals surface area contributed by atoms with Crippen LogP contribution in [0.5, 0.6) is 0 Å².